The molecular formula is C20H26FN3O3. The van der Waals surface area contributed by atoms with Crippen molar-refractivity contribution < 1.29 is 18.8 Å². The summed E-state index contributed by atoms with van der Waals surface area (Å²) in [7, 11) is 0. The summed E-state index contributed by atoms with van der Waals surface area (Å²) in [6.07, 6.45) is 3.62. The zero-order chi connectivity index (χ0) is 19.4. The van der Waals surface area contributed by atoms with Crippen LogP contribution in [-0.4, -0.2) is 47.8 Å². The number of amides is 3. The molecule has 0 radical (unpaired) electrons. The van der Waals surface area contributed by atoms with Crippen LogP contribution in [-0.2, 0) is 20.8 Å². The highest BCUT2D eigenvalue weighted by atomic mass is 19.1. The summed E-state index contributed by atoms with van der Waals surface area (Å²) in [5.74, 6) is -0.506. The van der Waals surface area contributed by atoms with Gasteiger partial charge in [-0.05, 0) is 43.4 Å². The van der Waals surface area contributed by atoms with E-state index < -0.39 is 6.04 Å². The van der Waals surface area contributed by atoms with Crippen molar-refractivity contribution in [2.45, 2.75) is 51.1 Å². The van der Waals surface area contributed by atoms with Crippen molar-refractivity contribution in [2.24, 2.45) is 5.92 Å². The molecule has 27 heavy (non-hydrogen) atoms. The fourth-order valence-corrected chi connectivity index (χ4v) is 3.49. The van der Waals surface area contributed by atoms with Crippen LogP contribution < -0.4 is 10.6 Å². The van der Waals surface area contributed by atoms with Crippen molar-refractivity contribution >= 4 is 17.7 Å². The molecule has 2 fully saturated rings. The summed E-state index contributed by atoms with van der Waals surface area (Å²) in [4.78, 5) is 38.2. The highest BCUT2D eigenvalue weighted by Gasteiger charge is 2.35. The molecule has 1 aliphatic heterocycles. The van der Waals surface area contributed by atoms with Gasteiger partial charge in [-0.3, -0.25) is 14.4 Å². The lowest BCUT2D eigenvalue weighted by atomic mass is 10.0. The minimum Gasteiger partial charge on any atom is -0.351 e. The third kappa shape index (κ3) is 5.52. The van der Waals surface area contributed by atoms with Gasteiger partial charge in [-0.1, -0.05) is 12.1 Å². The van der Waals surface area contributed by atoms with Crippen LogP contribution in [0.4, 0.5) is 4.39 Å². The lowest BCUT2D eigenvalue weighted by Gasteiger charge is -2.33. The molecule has 1 heterocycles. The van der Waals surface area contributed by atoms with E-state index >= 15 is 0 Å². The number of carbonyl (C=O) groups is 3. The summed E-state index contributed by atoms with van der Waals surface area (Å²) >= 11 is 0. The van der Waals surface area contributed by atoms with Crippen molar-refractivity contribution in [1.82, 2.24) is 15.5 Å². The second-order valence-electron chi connectivity index (χ2n) is 7.47. The Morgan fingerprint density at radius 3 is 2.48 bits per heavy atom. The number of halogens is 1. The largest absolute Gasteiger partial charge is 0.351 e. The highest BCUT2D eigenvalue weighted by molar-refractivity contribution is 5.87. The number of hydrogen-bond acceptors (Lipinski definition) is 3. The van der Waals surface area contributed by atoms with E-state index in [0.717, 1.165) is 12.8 Å². The molecule has 1 aliphatic carbocycles. The lowest BCUT2D eigenvalue weighted by Crippen LogP contribution is -2.53. The predicted molar refractivity (Wildman–Crippen MR) is 98.2 cm³/mol. The molecule has 1 aromatic carbocycles. The summed E-state index contributed by atoms with van der Waals surface area (Å²) in [6, 6.07) is 5.24. The molecule has 1 aromatic rings. The molecule has 2 aliphatic rings. The normalized spacial score (nSPS) is 18.7. The first-order valence-electron chi connectivity index (χ1n) is 9.53. The first kappa shape index (κ1) is 19.3. The maximum absolute atomic E-state index is 13.4. The lowest BCUT2D eigenvalue weighted by molar-refractivity contribution is -0.134. The smallest absolute Gasteiger partial charge is 0.243 e. The zero-order valence-electron chi connectivity index (χ0n) is 15.5. The van der Waals surface area contributed by atoms with Crippen LogP contribution in [0.25, 0.3) is 0 Å². The quantitative estimate of drug-likeness (QED) is 0.789. The van der Waals surface area contributed by atoms with Crippen molar-refractivity contribution in [1.29, 1.82) is 0 Å². The van der Waals surface area contributed by atoms with E-state index in [4.69, 9.17) is 0 Å². The SMILES string of the molecule is CC(=O)NC(Cc1cccc(F)c1)C(=O)NC1CCN(C(=O)C2CC2)CC1. The van der Waals surface area contributed by atoms with Crippen LogP contribution >= 0.6 is 0 Å². The van der Waals surface area contributed by atoms with Gasteiger partial charge in [0, 0.05) is 38.4 Å². The highest BCUT2D eigenvalue weighted by Crippen LogP contribution is 2.31. The van der Waals surface area contributed by atoms with Gasteiger partial charge >= 0.3 is 0 Å². The average molecular weight is 375 g/mol. The van der Waals surface area contributed by atoms with Gasteiger partial charge in [0.1, 0.15) is 11.9 Å². The molecule has 146 valence electrons. The molecule has 3 rings (SSSR count). The fraction of sp³-hybridized carbons (Fsp3) is 0.550. The Morgan fingerprint density at radius 2 is 1.89 bits per heavy atom. The third-order valence-corrected chi connectivity index (χ3v) is 5.10. The van der Waals surface area contributed by atoms with Crippen molar-refractivity contribution in [2.75, 3.05) is 13.1 Å². The molecule has 6 nitrogen and oxygen atoms in total. The maximum Gasteiger partial charge on any atom is 0.243 e. The van der Waals surface area contributed by atoms with Crippen molar-refractivity contribution in [3.05, 3.63) is 35.6 Å². The van der Waals surface area contributed by atoms with Crippen LogP contribution in [0.3, 0.4) is 0 Å². The Hall–Kier alpha value is -2.44. The molecule has 7 heteroatoms. The maximum atomic E-state index is 13.4. The summed E-state index contributed by atoms with van der Waals surface area (Å²) < 4.78 is 13.4. The number of likely N-dealkylation sites (tertiary alicyclic amines) is 1. The Labute approximate surface area is 158 Å². The molecule has 3 amide bonds. The average Bonchev–Trinajstić information content (AvgIpc) is 3.46. The van der Waals surface area contributed by atoms with E-state index in [2.05, 4.69) is 10.6 Å². The Balaban J connectivity index is 1.54. The molecule has 2 N–H and O–H groups in total. The Bertz CT molecular complexity index is 712. The van der Waals surface area contributed by atoms with E-state index in [0.29, 0.717) is 31.5 Å². The molecule has 0 bridgehead atoms. The van der Waals surface area contributed by atoms with E-state index in [1.54, 1.807) is 12.1 Å². The van der Waals surface area contributed by atoms with Gasteiger partial charge in [0.05, 0.1) is 0 Å². The molecule has 1 unspecified atom stereocenters. The van der Waals surface area contributed by atoms with Gasteiger partial charge in [0.2, 0.25) is 17.7 Å². The van der Waals surface area contributed by atoms with Gasteiger partial charge in [-0.15, -0.1) is 0 Å². The van der Waals surface area contributed by atoms with Crippen LogP contribution in [0.1, 0.15) is 38.2 Å². The Morgan fingerprint density at radius 1 is 1.19 bits per heavy atom. The summed E-state index contributed by atoms with van der Waals surface area (Å²) in [5.41, 5.74) is 0.647. The number of rotatable bonds is 6. The first-order valence-corrected chi connectivity index (χ1v) is 9.53. The summed E-state index contributed by atoms with van der Waals surface area (Å²) in [5, 5.41) is 5.63. The minimum absolute atomic E-state index is 0.0236. The zero-order valence-corrected chi connectivity index (χ0v) is 15.5. The standard InChI is InChI=1S/C20H26FN3O3/c1-13(25)22-18(12-14-3-2-4-16(21)11-14)19(26)23-17-7-9-24(10-8-17)20(27)15-5-6-15/h2-4,11,15,17-18H,5-10,12H2,1H3,(H,22,25)(H,23,26). The monoisotopic (exact) mass is 375 g/mol. The van der Waals surface area contributed by atoms with E-state index in [1.807, 2.05) is 4.90 Å². The Kier molecular flexibility index (Phi) is 6.08. The second kappa shape index (κ2) is 8.50. The van der Waals surface area contributed by atoms with Crippen LogP contribution in [0.15, 0.2) is 24.3 Å². The predicted octanol–water partition coefficient (Wildman–Crippen LogP) is 1.39. The van der Waals surface area contributed by atoms with Gasteiger partial charge in [0.15, 0.2) is 0 Å². The number of piperidine rings is 1. The first-order chi connectivity index (χ1) is 12.9. The minimum atomic E-state index is -0.754. The van der Waals surface area contributed by atoms with Gasteiger partial charge in [0.25, 0.3) is 0 Å². The topological polar surface area (TPSA) is 78.5 Å². The molecule has 1 atom stereocenters. The molecule has 1 saturated heterocycles. The van der Waals surface area contributed by atoms with Crippen LogP contribution in [0.2, 0.25) is 0 Å². The van der Waals surface area contributed by atoms with Gasteiger partial charge < -0.3 is 15.5 Å². The second-order valence-corrected chi connectivity index (χ2v) is 7.47. The number of nitrogens with zero attached hydrogens (tertiary/aromatic N) is 1. The summed E-state index contributed by atoms with van der Waals surface area (Å²) in [6.45, 7) is 2.65. The molecule has 0 aromatic heterocycles. The van der Waals surface area contributed by atoms with Crippen molar-refractivity contribution in [3.8, 4) is 0 Å². The fourth-order valence-electron chi connectivity index (χ4n) is 3.49. The van der Waals surface area contributed by atoms with E-state index in [9.17, 15) is 18.8 Å². The van der Waals surface area contributed by atoms with Gasteiger partial charge in [-0.25, -0.2) is 4.39 Å². The van der Waals surface area contributed by atoms with Crippen LogP contribution in [0, 0.1) is 11.7 Å². The van der Waals surface area contributed by atoms with Crippen molar-refractivity contribution in [3.63, 3.8) is 0 Å². The molecule has 0 spiro atoms. The number of nitrogens with one attached hydrogen (secondary N) is 2. The number of hydrogen-bond donors (Lipinski definition) is 2. The molecular weight excluding hydrogens is 349 g/mol. The van der Waals surface area contributed by atoms with E-state index in [-0.39, 0.29) is 41.9 Å². The van der Waals surface area contributed by atoms with E-state index in [1.165, 1.54) is 19.1 Å². The number of carbonyl (C=O) groups excluding carboxylic acids is 3. The number of benzene rings is 1. The van der Waals surface area contributed by atoms with Gasteiger partial charge in [-0.2, -0.15) is 0 Å². The third-order valence-electron chi connectivity index (χ3n) is 5.10. The molecule has 1 saturated carbocycles. The van der Waals surface area contributed by atoms with Crippen LogP contribution in [0.5, 0.6) is 0 Å².